The number of benzene rings is 1. The summed E-state index contributed by atoms with van der Waals surface area (Å²) in [7, 11) is 0. The maximum absolute atomic E-state index is 5.70. The van der Waals surface area contributed by atoms with Crippen LogP contribution in [0.1, 0.15) is 5.56 Å². The Bertz CT molecular complexity index is 346. The summed E-state index contributed by atoms with van der Waals surface area (Å²) < 4.78 is 11.1. The molecular weight excluding hydrogens is 238 g/mol. The number of halogens is 1. The highest BCUT2D eigenvalue weighted by molar-refractivity contribution is 6.17. The molecule has 1 aliphatic heterocycles. The zero-order chi connectivity index (χ0) is 11.9. The van der Waals surface area contributed by atoms with Crippen LogP contribution in [0, 0.1) is 0 Å². The van der Waals surface area contributed by atoms with E-state index in [4.69, 9.17) is 21.1 Å². The summed E-state index contributed by atoms with van der Waals surface area (Å²) in [5, 5.41) is 0. The van der Waals surface area contributed by atoms with Gasteiger partial charge in [-0.25, -0.2) is 0 Å². The van der Waals surface area contributed by atoms with Gasteiger partial charge in [-0.3, -0.25) is 4.90 Å². The van der Waals surface area contributed by atoms with E-state index in [1.807, 2.05) is 12.1 Å². The van der Waals surface area contributed by atoms with Crippen LogP contribution in [0.5, 0.6) is 5.75 Å². The number of hydrogen-bond acceptors (Lipinski definition) is 3. The molecule has 1 aromatic rings. The molecule has 4 heteroatoms. The molecule has 0 bridgehead atoms. The Morgan fingerprint density at radius 3 is 3.06 bits per heavy atom. The van der Waals surface area contributed by atoms with Crippen molar-refractivity contribution in [3.8, 4) is 5.75 Å². The monoisotopic (exact) mass is 255 g/mol. The highest BCUT2D eigenvalue weighted by atomic mass is 35.5. The van der Waals surface area contributed by atoms with E-state index in [2.05, 4.69) is 17.0 Å². The molecule has 1 aliphatic rings. The van der Waals surface area contributed by atoms with Crippen LogP contribution >= 0.6 is 11.6 Å². The standard InChI is InChI=1S/C13H18ClNO2/c14-5-8-16-9-6-15-7-10-17-13-4-2-1-3-12(13)11-15/h1-4H,5-11H2. The van der Waals surface area contributed by atoms with Crippen LogP contribution in [0.3, 0.4) is 0 Å². The summed E-state index contributed by atoms with van der Waals surface area (Å²) in [6.07, 6.45) is 0. The SMILES string of the molecule is ClCCOCCN1CCOc2ccccc2C1. The highest BCUT2D eigenvalue weighted by Gasteiger charge is 2.14. The van der Waals surface area contributed by atoms with Crippen molar-refractivity contribution in [3.63, 3.8) is 0 Å². The first kappa shape index (κ1) is 12.7. The molecule has 1 heterocycles. The maximum Gasteiger partial charge on any atom is 0.123 e. The number of rotatable bonds is 5. The van der Waals surface area contributed by atoms with Gasteiger partial charge >= 0.3 is 0 Å². The van der Waals surface area contributed by atoms with E-state index >= 15 is 0 Å². The topological polar surface area (TPSA) is 21.7 Å². The molecule has 0 fully saturated rings. The van der Waals surface area contributed by atoms with E-state index < -0.39 is 0 Å². The molecule has 0 radical (unpaired) electrons. The van der Waals surface area contributed by atoms with Crippen LogP contribution in [0.15, 0.2) is 24.3 Å². The van der Waals surface area contributed by atoms with Gasteiger partial charge in [-0.15, -0.1) is 11.6 Å². The second-order valence-electron chi connectivity index (χ2n) is 4.03. The minimum atomic E-state index is 0.561. The molecule has 0 aromatic heterocycles. The normalized spacial score (nSPS) is 16.1. The Labute approximate surface area is 107 Å². The molecule has 0 saturated heterocycles. The summed E-state index contributed by atoms with van der Waals surface area (Å²) in [6, 6.07) is 8.21. The van der Waals surface area contributed by atoms with Gasteiger partial charge in [0, 0.05) is 31.1 Å². The van der Waals surface area contributed by atoms with Gasteiger partial charge in [0.1, 0.15) is 12.4 Å². The second kappa shape index (κ2) is 6.84. The van der Waals surface area contributed by atoms with Crippen LogP contribution < -0.4 is 4.74 Å². The fourth-order valence-corrected chi connectivity index (χ4v) is 2.03. The lowest BCUT2D eigenvalue weighted by atomic mass is 10.2. The van der Waals surface area contributed by atoms with Crippen molar-refractivity contribution < 1.29 is 9.47 Å². The fraction of sp³-hybridized carbons (Fsp3) is 0.538. The predicted octanol–water partition coefficient (Wildman–Crippen LogP) is 2.14. The average Bonchev–Trinajstić information content (AvgIpc) is 2.56. The van der Waals surface area contributed by atoms with Gasteiger partial charge in [0.05, 0.1) is 13.2 Å². The Hall–Kier alpha value is -0.770. The van der Waals surface area contributed by atoms with Gasteiger partial charge in [0.25, 0.3) is 0 Å². The van der Waals surface area contributed by atoms with Crippen molar-refractivity contribution in [2.45, 2.75) is 6.54 Å². The predicted molar refractivity (Wildman–Crippen MR) is 68.8 cm³/mol. The summed E-state index contributed by atoms with van der Waals surface area (Å²) >= 11 is 5.56. The van der Waals surface area contributed by atoms with Crippen LogP contribution in [0.2, 0.25) is 0 Å². The maximum atomic E-state index is 5.70. The molecule has 0 N–H and O–H groups in total. The van der Waals surface area contributed by atoms with Gasteiger partial charge in [0.2, 0.25) is 0 Å². The van der Waals surface area contributed by atoms with E-state index in [1.165, 1.54) is 5.56 Å². The van der Waals surface area contributed by atoms with Crippen molar-refractivity contribution in [1.29, 1.82) is 0 Å². The molecular formula is C13H18ClNO2. The fourth-order valence-electron chi connectivity index (χ4n) is 1.92. The number of hydrogen-bond donors (Lipinski definition) is 0. The van der Waals surface area contributed by atoms with Gasteiger partial charge < -0.3 is 9.47 Å². The number of nitrogens with zero attached hydrogens (tertiary/aromatic N) is 1. The van der Waals surface area contributed by atoms with Gasteiger partial charge in [0.15, 0.2) is 0 Å². The Morgan fingerprint density at radius 1 is 1.29 bits per heavy atom. The first-order valence-corrected chi connectivity index (χ1v) is 6.50. The van der Waals surface area contributed by atoms with Gasteiger partial charge in [-0.2, -0.15) is 0 Å². The lowest BCUT2D eigenvalue weighted by Crippen LogP contribution is -2.29. The molecule has 94 valence electrons. The number of fused-ring (bicyclic) bond motifs is 1. The molecule has 0 atom stereocenters. The molecule has 0 aliphatic carbocycles. The van der Waals surface area contributed by atoms with Gasteiger partial charge in [-0.05, 0) is 6.07 Å². The summed E-state index contributed by atoms with van der Waals surface area (Å²) in [5.74, 6) is 1.57. The summed E-state index contributed by atoms with van der Waals surface area (Å²) in [6.45, 7) is 4.90. The van der Waals surface area contributed by atoms with Crippen LogP contribution in [0.25, 0.3) is 0 Å². The first-order valence-electron chi connectivity index (χ1n) is 5.97. The Balaban J connectivity index is 1.85. The van der Waals surface area contributed by atoms with E-state index in [0.29, 0.717) is 12.5 Å². The quantitative estimate of drug-likeness (QED) is 0.594. The highest BCUT2D eigenvalue weighted by Crippen LogP contribution is 2.21. The minimum absolute atomic E-state index is 0.561. The largest absolute Gasteiger partial charge is 0.492 e. The zero-order valence-electron chi connectivity index (χ0n) is 9.90. The van der Waals surface area contributed by atoms with Crippen molar-refractivity contribution in [2.24, 2.45) is 0 Å². The van der Waals surface area contributed by atoms with Crippen LogP contribution in [0.4, 0.5) is 0 Å². The summed E-state index contributed by atoms with van der Waals surface area (Å²) in [4.78, 5) is 2.35. The van der Waals surface area contributed by atoms with E-state index in [1.54, 1.807) is 0 Å². The lowest BCUT2D eigenvalue weighted by Gasteiger charge is -2.18. The molecule has 0 amide bonds. The lowest BCUT2D eigenvalue weighted by molar-refractivity contribution is 0.109. The molecule has 0 spiro atoms. The first-order chi connectivity index (χ1) is 8.40. The molecule has 17 heavy (non-hydrogen) atoms. The molecule has 2 rings (SSSR count). The third-order valence-corrected chi connectivity index (χ3v) is 2.96. The Morgan fingerprint density at radius 2 is 2.18 bits per heavy atom. The third-order valence-electron chi connectivity index (χ3n) is 2.80. The van der Waals surface area contributed by atoms with Crippen molar-refractivity contribution in [2.75, 3.05) is 38.8 Å². The van der Waals surface area contributed by atoms with Crippen LogP contribution in [-0.2, 0) is 11.3 Å². The molecule has 1 aromatic carbocycles. The number of para-hydroxylation sites is 1. The Kier molecular flexibility index (Phi) is 5.10. The molecule has 3 nitrogen and oxygen atoms in total. The third kappa shape index (κ3) is 3.87. The van der Waals surface area contributed by atoms with E-state index in [0.717, 1.165) is 38.6 Å². The van der Waals surface area contributed by atoms with E-state index in [-0.39, 0.29) is 0 Å². The van der Waals surface area contributed by atoms with Crippen molar-refractivity contribution in [3.05, 3.63) is 29.8 Å². The molecule has 0 saturated carbocycles. The molecule has 0 unspecified atom stereocenters. The van der Waals surface area contributed by atoms with Gasteiger partial charge in [-0.1, -0.05) is 18.2 Å². The zero-order valence-corrected chi connectivity index (χ0v) is 10.7. The van der Waals surface area contributed by atoms with Crippen molar-refractivity contribution >= 4 is 11.6 Å². The smallest absolute Gasteiger partial charge is 0.123 e. The van der Waals surface area contributed by atoms with E-state index in [9.17, 15) is 0 Å². The minimum Gasteiger partial charge on any atom is -0.492 e. The second-order valence-corrected chi connectivity index (χ2v) is 4.41. The summed E-state index contributed by atoms with van der Waals surface area (Å²) in [5.41, 5.74) is 1.25. The van der Waals surface area contributed by atoms with Crippen molar-refractivity contribution in [1.82, 2.24) is 4.90 Å². The number of ether oxygens (including phenoxy) is 2. The average molecular weight is 256 g/mol. The van der Waals surface area contributed by atoms with Crippen LogP contribution in [-0.4, -0.2) is 43.7 Å². The number of alkyl halides is 1.